The smallest absolute Gasteiger partial charge is 0.160 e. The van der Waals surface area contributed by atoms with Crippen LogP contribution < -0.4 is 0 Å². The Bertz CT molecular complexity index is 2770. The highest BCUT2D eigenvalue weighted by Crippen LogP contribution is 2.42. The first-order chi connectivity index (χ1) is 23.8. The van der Waals surface area contributed by atoms with Crippen molar-refractivity contribution in [1.82, 2.24) is 14.5 Å². The molecule has 0 aliphatic rings. The Labute approximate surface area is 276 Å². The topological polar surface area (TPSA) is 43.9 Å². The fraction of sp³-hybridized carbons (Fsp3) is 0. The first-order valence-electron chi connectivity index (χ1n) is 16.2. The van der Waals surface area contributed by atoms with Crippen molar-refractivity contribution < 1.29 is 4.42 Å². The van der Waals surface area contributed by atoms with E-state index >= 15 is 0 Å². The molecule has 0 aliphatic carbocycles. The van der Waals surface area contributed by atoms with Gasteiger partial charge in [-0.2, -0.15) is 0 Å². The van der Waals surface area contributed by atoms with Crippen LogP contribution in [-0.4, -0.2) is 14.5 Å². The first-order valence-corrected chi connectivity index (χ1v) is 16.2. The molecule has 3 aromatic heterocycles. The third kappa shape index (κ3) is 4.10. The van der Waals surface area contributed by atoms with Gasteiger partial charge in [0, 0.05) is 49.3 Å². The van der Waals surface area contributed by atoms with E-state index in [-0.39, 0.29) is 0 Å². The lowest BCUT2D eigenvalue weighted by Crippen LogP contribution is -1.98. The second-order valence-electron chi connectivity index (χ2n) is 12.2. The van der Waals surface area contributed by atoms with Crippen LogP contribution in [0.3, 0.4) is 0 Å². The number of rotatable bonds is 4. The highest BCUT2D eigenvalue weighted by Gasteiger charge is 2.20. The Morgan fingerprint density at radius 3 is 1.94 bits per heavy atom. The molecule has 0 bridgehead atoms. The fourth-order valence-electron chi connectivity index (χ4n) is 7.22. The summed E-state index contributed by atoms with van der Waals surface area (Å²) < 4.78 is 8.79. The third-order valence-electron chi connectivity index (χ3n) is 9.38. The van der Waals surface area contributed by atoms with Gasteiger partial charge in [-0.1, -0.05) is 127 Å². The predicted molar refractivity (Wildman–Crippen MR) is 197 cm³/mol. The number of furan rings is 1. The number of hydrogen-bond donors (Lipinski definition) is 0. The minimum absolute atomic E-state index is 0.703. The Morgan fingerprint density at radius 1 is 0.438 bits per heavy atom. The highest BCUT2D eigenvalue weighted by molar-refractivity contribution is 6.29. The molecule has 10 rings (SSSR count). The van der Waals surface area contributed by atoms with Crippen LogP contribution >= 0.6 is 0 Å². The summed E-state index contributed by atoms with van der Waals surface area (Å²) in [5.41, 5.74) is 10.0. The van der Waals surface area contributed by atoms with E-state index in [2.05, 4.69) is 126 Å². The van der Waals surface area contributed by atoms with E-state index in [0.29, 0.717) is 5.82 Å². The van der Waals surface area contributed by atoms with Crippen LogP contribution in [0.15, 0.2) is 168 Å². The molecule has 0 radical (unpaired) electrons. The molecule has 0 N–H and O–H groups in total. The van der Waals surface area contributed by atoms with Gasteiger partial charge in [-0.05, 0) is 41.8 Å². The fourth-order valence-corrected chi connectivity index (χ4v) is 7.22. The maximum absolute atomic E-state index is 6.38. The van der Waals surface area contributed by atoms with Gasteiger partial charge in [-0.3, -0.25) is 0 Å². The molecule has 0 saturated heterocycles. The minimum atomic E-state index is 0.703. The quantitative estimate of drug-likeness (QED) is 0.198. The summed E-state index contributed by atoms with van der Waals surface area (Å²) in [5, 5.41) is 7.06. The van der Waals surface area contributed by atoms with E-state index in [0.717, 1.165) is 61.2 Å². The van der Waals surface area contributed by atoms with Crippen LogP contribution in [0.1, 0.15) is 0 Å². The lowest BCUT2D eigenvalue weighted by Gasteiger charge is -2.13. The molecule has 3 heterocycles. The molecular formula is C44H27N3O. The first kappa shape index (κ1) is 26.7. The molecule has 10 aromatic rings. The van der Waals surface area contributed by atoms with E-state index in [4.69, 9.17) is 14.4 Å². The molecule has 0 atom stereocenters. The van der Waals surface area contributed by atoms with Crippen LogP contribution in [0, 0.1) is 0 Å². The normalized spacial score (nSPS) is 11.8. The molecular weight excluding hydrogens is 587 g/mol. The molecule has 0 amide bonds. The van der Waals surface area contributed by atoms with Crippen molar-refractivity contribution in [2.45, 2.75) is 0 Å². The van der Waals surface area contributed by atoms with Gasteiger partial charge in [0.25, 0.3) is 0 Å². The van der Waals surface area contributed by atoms with Gasteiger partial charge in [0.05, 0.1) is 22.4 Å². The second kappa shape index (κ2) is 10.5. The largest absolute Gasteiger partial charge is 0.456 e. The van der Waals surface area contributed by atoms with Crippen LogP contribution in [0.25, 0.3) is 94.1 Å². The Morgan fingerprint density at radius 2 is 1.10 bits per heavy atom. The van der Waals surface area contributed by atoms with Crippen LogP contribution in [0.5, 0.6) is 0 Å². The average molecular weight is 614 g/mol. The number of benzene rings is 7. The third-order valence-corrected chi connectivity index (χ3v) is 9.38. The number of fused-ring (bicyclic) bond motifs is 9. The van der Waals surface area contributed by atoms with Crippen LogP contribution in [0.4, 0.5) is 0 Å². The van der Waals surface area contributed by atoms with Crippen LogP contribution in [0.2, 0.25) is 0 Å². The molecule has 7 aromatic carbocycles. The van der Waals surface area contributed by atoms with E-state index in [1.54, 1.807) is 0 Å². The van der Waals surface area contributed by atoms with E-state index in [1.807, 2.05) is 42.5 Å². The van der Waals surface area contributed by atoms with E-state index < -0.39 is 0 Å². The van der Waals surface area contributed by atoms with Gasteiger partial charge in [-0.15, -0.1) is 0 Å². The number of nitrogens with zero attached hydrogens (tertiary/aromatic N) is 3. The summed E-state index contributed by atoms with van der Waals surface area (Å²) in [6, 6.07) is 57.1. The number of hydrogen-bond acceptors (Lipinski definition) is 3. The lowest BCUT2D eigenvalue weighted by molar-refractivity contribution is 0.669. The van der Waals surface area contributed by atoms with Crippen molar-refractivity contribution in [3.05, 3.63) is 164 Å². The van der Waals surface area contributed by atoms with Gasteiger partial charge >= 0.3 is 0 Å². The maximum Gasteiger partial charge on any atom is 0.160 e. The zero-order chi connectivity index (χ0) is 31.6. The molecule has 0 spiro atoms. The van der Waals surface area contributed by atoms with Gasteiger partial charge in [-0.25, -0.2) is 9.97 Å². The molecule has 48 heavy (non-hydrogen) atoms. The Balaban J connectivity index is 1.27. The number of aromatic nitrogens is 3. The minimum Gasteiger partial charge on any atom is -0.456 e. The molecule has 4 nitrogen and oxygen atoms in total. The van der Waals surface area contributed by atoms with Crippen LogP contribution in [-0.2, 0) is 0 Å². The molecule has 0 saturated carbocycles. The molecule has 0 unspecified atom stereocenters. The number of para-hydroxylation sites is 2. The van der Waals surface area contributed by atoms with Gasteiger partial charge in [0.1, 0.15) is 11.2 Å². The predicted octanol–water partition coefficient (Wildman–Crippen LogP) is 11.6. The monoisotopic (exact) mass is 613 g/mol. The maximum atomic E-state index is 6.38. The molecule has 0 aliphatic heterocycles. The summed E-state index contributed by atoms with van der Waals surface area (Å²) in [6.07, 6.45) is 0. The van der Waals surface area contributed by atoms with Crippen molar-refractivity contribution in [3.63, 3.8) is 0 Å². The average Bonchev–Trinajstić information content (AvgIpc) is 3.71. The van der Waals surface area contributed by atoms with Crippen molar-refractivity contribution in [3.8, 4) is 39.6 Å². The molecule has 4 heteroatoms. The summed E-state index contributed by atoms with van der Waals surface area (Å²) >= 11 is 0. The SMILES string of the molecule is c1ccc(-c2cc(-c3cccc(-n4c5ccccc5c5ccc6ccc7oc8ccccc8c7c6c54)c3)nc(-c3ccccc3)n2)cc1. The zero-order valence-corrected chi connectivity index (χ0v) is 25.8. The summed E-state index contributed by atoms with van der Waals surface area (Å²) in [5.74, 6) is 0.703. The van der Waals surface area contributed by atoms with E-state index in [1.165, 1.54) is 27.1 Å². The zero-order valence-electron chi connectivity index (χ0n) is 25.8. The van der Waals surface area contributed by atoms with Gasteiger partial charge < -0.3 is 8.98 Å². The lowest BCUT2D eigenvalue weighted by atomic mass is 10.0. The van der Waals surface area contributed by atoms with Gasteiger partial charge in [0.15, 0.2) is 5.82 Å². The van der Waals surface area contributed by atoms with E-state index in [9.17, 15) is 0 Å². The standard InChI is InChI=1S/C44H27N3O/c1-3-12-28(13-4-1)36-27-37(46-44(45-36)30-14-5-2-6-15-30)31-16-11-17-32(26-31)47-38-20-9-7-18-33(38)34-24-22-29-23-25-40-42(41(29)43(34)47)35-19-8-10-21-39(35)48-40/h1-27H. The molecule has 224 valence electrons. The van der Waals surface area contributed by atoms with Crippen molar-refractivity contribution in [2.24, 2.45) is 0 Å². The van der Waals surface area contributed by atoms with Crippen molar-refractivity contribution in [1.29, 1.82) is 0 Å². The van der Waals surface area contributed by atoms with Crippen molar-refractivity contribution >= 4 is 54.5 Å². The summed E-state index contributed by atoms with van der Waals surface area (Å²) in [7, 11) is 0. The molecule has 0 fully saturated rings. The summed E-state index contributed by atoms with van der Waals surface area (Å²) in [6.45, 7) is 0. The highest BCUT2D eigenvalue weighted by atomic mass is 16.3. The Hall–Kier alpha value is -6.52. The Kier molecular flexibility index (Phi) is 5.84. The second-order valence-corrected chi connectivity index (χ2v) is 12.2. The van der Waals surface area contributed by atoms with Crippen molar-refractivity contribution in [2.75, 3.05) is 0 Å². The van der Waals surface area contributed by atoms with Gasteiger partial charge in [0.2, 0.25) is 0 Å². The summed E-state index contributed by atoms with van der Waals surface area (Å²) in [4.78, 5) is 10.1.